The monoisotopic (exact) mass is 801 g/mol. The van der Waals surface area contributed by atoms with Gasteiger partial charge in [-0.05, 0) is 78.0 Å². The second-order valence-electron chi connectivity index (χ2n) is 14.9. The van der Waals surface area contributed by atoms with Gasteiger partial charge in [0.05, 0.1) is 5.69 Å². The number of hydrogen-bond acceptors (Lipinski definition) is 3. The molecule has 0 aliphatic heterocycles. The lowest BCUT2D eigenvalue weighted by molar-refractivity contribution is 0.743. The van der Waals surface area contributed by atoms with Crippen LogP contribution in [0, 0.1) is 47.7 Å². The zero-order valence-electron chi connectivity index (χ0n) is 31.2. The Morgan fingerprint density at radius 2 is 1.04 bits per heavy atom. The van der Waals surface area contributed by atoms with E-state index in [1.807, 2.05) is 19.6 Å². The van der Waals surface area contributed by atoms with E-state index in [0.717, 1.165) is 38.8 Å². The predicted molar refractivity (Wildman–Crippen MR) is 223 cm³/mol. The molecule has 2 aromatic carbocycles. The number of nitrogens with zero attached hydrogens (tertiary/aromatic N) is 1. The fourth-order valence-corrected chi connectivity index (χ4v) is 5.54. The number of rotatable bonds is 10. The van der Waals surface area contributed by atoms with Crippen LogP contribution in [-0.2, 0) is 0 Å². The van der Waals surface area contributed by atoms with Crippen molar-refractivity contribution in [2.45, 2.75) is 125 Å². The summed E-state index contributed by atoms with van der Waals surface area (Å²) in [7, 11) is -4.09. The zero-order chi connectivity index (χ0) is 35.6. The van der Waals surface area contributed by atoms with Gasteiger partial charge in [-0.15, -0.1) is 11.1 Å². The molecule has 0 atom stereocenters. The molecule has 0 aliphatic carbocycles. The van der Waals surface area contributed by atoms with Gasteiger partial charge in [0.15, 0.2) is 8.07 Å². The predicted octanol–water partition coefficient (Wildman–Crippen LogP) is 12.6. The van der Waals surface area contributed by atoms with Crippen molar-refractivity contribution >= 4 is 67.5 Å². The molecule has 3 nitrogen and oxygen atoms in total. The summed E-state index contributed by atoms with van der Waals surface area (Å²) in [6.45, 7) is 30.5. The summed E-state index contributed by atoms with van der Waals surface area (Å²) in [5.74, 6) is 6.87. The van der Waals surface area contributed by atoms with Crippen LogP contribution in [0.4, 0.5) is 11.4 Å². The minimum atomic E-state index is -1.39. The highest BCUT2D eigenvalue weighted by Gasteiger charge is 2.11. The van der Waals surface area contributed by atoms with Gasteiger partial charge in [0.25, 0.3) is 0 Å². The lowest BCUT2D eigenvalue weighted by atomic mass is 10.0. The number of nitrogens with one attached hydrogen (secondary N) is 2. The Labute approximate surface area is 303 Å². The van der Waals surface area contributed by atoms with E-state index in [1.165, 1.54) is 55.3 Å². The highest BCUT2D eigenvalue weighted by atomic mass is 79.9. The number of nitriles is 1. The zero-order valence-corrected chi connectivity index (χ0v) is 37.3. The first-order chi connectivity index (χ1) is 21.2. The standard InChI is InChI=1S/C22H35NSi2.C12H17Br2N.C4H9NSi/c1-9-10-11-14-23-22-18-20(12-15-24(3,4)5)19(2)17-21(22)13-16-25(6,7)8;1-3-4-5-6-15-12-8-10(13)9(2)7-11(12)14;1-6(2,3)4-5/h17-18,23H,9-11,14H2,1-8H3;7-8,15H,3-6H2,1-2H3;1-3H3. The van der Waals surface area contributed by atoms with Gasteiger partial charge in [0.2, 0.25) is 0 Å². The highest BCUT2D eigenvalue weighted by Crippen LogP contribution is 2.29. The van der Waals surface area contributed by atoms with Gasteiger partial charge in [-0.1, -0.05) is 126 Å². The minimum absolute atomic E-state index is 0.999. The number of hydrogen-bond donors (Lipinski definition) is 2. The van der Waals surface area contributed by atoms with Crippen LogP contribution < -0.4 is 10.6 Å². The van der Waals surface area contributed by atoms with Gasteiger partial charge in [0, 0.05) is 44.5 Å². The van der Waals surface area contributed by atoms with Crippen molar-refractivity contribution in [2.24, 2.45) is 0 Å². The van der Waals surface area contributed by atoms with E-state index in [2.05, 4.69) is 162 Å². The highest BCUT2D eigenvalue weighted by molar-refractivity contribution is 9.11. The Kier molecular flexibility index (Phi) is 21.2. The Morgan fingerprint density at radius 3 is 1.48 bits per heavy atom. The molecule has 0 radical (unpaired) electrons. The fraction of sp³-hybridized carbons (Fsp3) is 0.553. The molecule has 8 heteroatoms. The Bertz CT molecular complexity index is 1390. The molecule has 46 heavy (non-hydrogen) atoms. The molecule has 0 saturated heterocycles. The summed E-state index contributed by atoms with van der Waals surface area (Å²) in [5, 5.41) is 15.3. The van der Waals surface area contributed by atoms with Crippen molar-refractivity contribution in [3.8, 4) is 28.6 Å². The van der Waals surface area contributed by atoms with E-state index in [-0.39, 0.29) is 0 Å². The van der Waals surface area contributed by atoms with Crippen LogP contribution >= 0.6 is 31.9 Å². The van der Waals surface area contributed by atoms with Crippen LogP contribution in [0.15, 0.2) is 33.2 Å². The maximum atomic E-state index is 8.21. The van der Waals surface area contributed by atoms with Gasteiger partial charge < -0.3 is 10.6 Å². The van der Waals surface area contributed by atoms with E-state index in [0.29, 0.717) is 0 Å². The largest absolute Gasteiger partial charge is 0.384 e. The fourth-order valence-electron chi connectivity index (χ4n) is 3.58. The Balaban J connectivity index is 0.000000810. The first kappa shape index (κ1) is 44.3. The molecule has 2 rings (SSSR count). The van der Waals surface area contributed by atoms with Crippen LogP contribution in [0.25, 0.3) is 0 Å². The van der Waals surface area contributed by atoms with Gasteiger partial charge in [-0.2, -0.15) is 0 Å². The molecule has 0 aromatic heterocycles. The Hall–Kier alpha value is -1.74. The van der Waals surface area contributed by atoms with Crippen molar-refractivity contribution in [1.82, 2.24) is 0 Å². The first-order valence-electron chi connectivity index (χ1n) is 16.8. The van der Waals surface area contributed by atoms with Crippen LogP contribution in [-0.4, -0.2) is 37.3 Å². The molecular weight excluding hydrogens is 743 g/mol. The van der Waals surface area contributed by atoms with E-state index in [1.54, 1.807) is 0 Å². The summed E-state index contributed by atoms with van der Waals surface area (Å²) in [4.78, 5) is 0. The average Bonchev–Trinajstić information content (AvgIpc) is 2.94. The molecule has 0 saturated carbocycles. The van der Waals surface area contributed by atoms with E-state index < -0.39 is 24.2 Å². The van der Waals surface area contributed by atoms with Gasteiger partial charge in [-0.3, -0.25) is 0 Å². The molecule has 254 valence electrons. The second-order valence-corrected chi connectivity index (χ2v) is 30.9. The molecule has 0 heterocycles. The SMILES string of the molecule is CCCCCNc1cc(Br)c(C)cc1Br.CCCCCNc1cc(C#C[Si](C)(C)C)c(C)cc1C#C[Si](C)(C)C.C[Si](C)(C)C#N. The average molecular weight is 804 g/mol. The normalized spacial score (nSPS) is 10.8. The molecule has 0 aliphatic rings. The van der Waals surface area contributed by atoms with Crippen molar-refractivity contribution in [2.75, 3.05) is 23.7 Å². The molecular formula is C38H61Br2N3Si3. The summed E-state index contributed by atoms with van der Waals surface area (Å²) in [6.07, 6.45) is 7.48. The maximum absolute atomic E-state index is 8.21. The van der Waals surface area contributed by atoms with E-state index >= 15 is 0 Å². The first-order valence-corrected chi connectivity index (χ1v) is 28.9. The molecule has 2 aromatic rings. The third-order valence-corrected chi connectivity index (χ3v) is 10.2. The Morgan fingerprint density at radius 1 is 0.587 bits per heavy atom. The molecule has 0 fully saturated rings. The maximum Gasteiger partial charge on any atom is 0.164 e. The lowest BCUT2D eigenvalue weighted by Crippen LogP contribution is -2.16. The van der Waals surface area contributed by atoms with Crippen LogP contribution in [0.1, 0.15) is 74.6 Å². The number of halogens is 2. The smallest absolute Gasteiger partial charge is 0.164 e. The van der Waals surface area contributed by atoms with Crippen molar-refractivity contribution in [3.63, 3.8) is 0 Å². The van der Waals surface area contributed by atoms with E-state index in [4.69, 9.17) is 5.26 Å². The topological polar surface area (TPSA) is 47.8 Å². The summed E-state index contributed by atoms with van der Waals surface area (Å²) in [5.41, 5.74) is 16.3. The number of aryl methyl sites for hydroxylation is 2. The van der Waals surface area contributed by atoms with Gasteiger partial charge in [0.1, 0.15) is 16.1 Å². The summed E-state index contributed by atoms with van der Waals surface area (Å²) >= 11 is 7.11. The van der Waals surface area contributed by atoms with Gasteiger partial charge >= 0.3 is 0 Å². The molecule has 0 spiro atoms. The van der Waals surface area contributed by atoms with Crippen molar-refractivity contribution in [1.29, 1.82) is 5.26 Å². The summed E-state index contributed by atoms with van der Waals surface area (Å²) in [6, 6.07) is 8.68. The number of anilines is 2. The van der Waals surface area contributed by atoms with Gasteiger partial charge in [-0.25, -0.2) is 5.26 Å². The number of unbranched alkanes of at least 4 members (excludes halogenated alkanes) is 4. The van der Waals surface area contributed by atoms with Crippen LogP contribution in [0.3, 0.4) is 0 Å². The molecule has 0 amide bonds. The van der Waals surface area contributed by atoms with Crippen LogP contribution in [0.5, 0.6) is 0 Å². The molecule has 2 N–H and O–H groups in total. The summed E-state index contributed by atoms with van der Waals surface area (Å²) < 4.78 is 2.29. The number of benzene rings is 2. The third-order valence-electron chi connectivity index (χ3n) is 6.28. The minimum Gasteiger partial charge on any atom is -0.384 e. The quantitative estimate of drug-likeness (QED) is 0.143. The lowest BCUT2D eigenvalue weighted by Gasteiger charge is -2.12. The second kappa shape index (κ2) is 22.0. The van der Waals surface area contributed by atoms with Crippen LogP contribution in [0.2, 0.25) is 58.9 Å². The molecule has 0 unspecified atom stereocenters. The van der Waals surface area contributed by atoms with Crippen molar-refractivity contribution < 1.29 is 0 Å². The molecule has 0 bridgehead atoms. The van der Waals surface area contributed by atoms with Crippen molar-refractivity contribution in [3.05, 3.63) is 55.5 Å². The third kappa shape index (κ3) is 21.9. The van der Waals surface area contributed by atoms with E-state index in [9.17, 15) is 0 Å².